The van der Waals surface area contributed by atoms with Gasteiger partial charge in [0.2, 0.25) is 0 Å². The lowest BCUT2D eigenvalue weighted by molar-refractivity contribution is 0.0696. The van der Waals surface area contributed by atoms with Crippen LogP contribution in [0.1, 0.15) is 108 Å². The molecule has 2 N–H and O–H groups in total. The van der Waals surface area contributed by atoms with Crippen LogP contribution < -0.4 is 0 Å². The maximum atomic E-state index is 12.9. The van der Waals surface area contributed by atoms with Crippen molar-refractivity contribution in [2.75, 3.05) is 0 Å². The van der Waals surface area contributed by atoms with E-state index < -0.39 is 11.9 Å². The summed E-state index contributed by atoms with van der Waals surface area (Å²) in [5.41, 5.74) is 5.01. The number of aromatic carboxylic acids is 2. The number of benzene rings is 3. The summed E-state index contributed by atoms with van der Waals surface area (Å²) in [5, 5.41) is 20.7. The molecule has 0 bridgehead atoms. The summed E-state index contributed by atoms with van der Waals surface area (Å²) in [6.07, 6.45) is 11.4. The normalized spacial score (nSPS) is 17.1. The van der Waals surface area contributed by atoms with E-state index in [9.17, 15) is 19.8 Å². The number of hydrogen-bond acceptors (Lipinski definition) is 2. The second-order valence-electron chi connectivity index (χ2n) is 10.4. The molecule has 2 aliphatic carbocycles. The molecule has 2 fully saturated rings. The van der Waals surface area contributed by atoms with Gasteiger partial charge in [0, 0.05) is 5.56 Å². The van der Waals surface area contributed by atoms with Crippen LogP contribution >= 0.6 is 0 Å². The van der Waals surface area contributed by atoms with E-state index >= 15 is 0 Å². The van der Waals surface area contributed by atoms with Crippen molar-refractivity contribution in [3.63, 3.8) is 0 Å². The minimum absolute atomic E-state index is 0.0505. The third-order valence-corrected chi connectivity index (χ3v) is 8.22. The molecule has 5 rings (SSSR count). The Kier molecular flexibility index (Phi) is 7.22. The highest BCUT2D eigenvalue weighted by Crippen LogP contribution is 2.44. The molecule has 0 aliphatic heterocycles. The standard InChI is InChI=1S/C32H34O4/c33-31(34)28-20-19-27(25-17-9-7-15-23(25)21-11-3-1-4-12-21)30(32(35)36)29(28)26-18-10-8-16-24(26)22-13-5-2-6-14-22/h7-10,15-22H,1-6,11-14H2,(H,33,34)(H,35,36). The predicted molar refractivity (Wildman–Crippen MR) is 143 cm³/mol. The second kappa shape index (κ2) is 10.7. The summed E-state index contributed by atoms with van der Waals surface area (Å²) in [4.78, 5) is 25.4. The van der Waals surface area contributed by atoms with Crippen molar-refractivity contribution in [3.05, 3.63) is 82.9 Å². The second-order valence-corrected chi connectivity index (χ2v) is 10.4. The van der Waals surface area contributed by atoms with Gasteiger partial charge in [-0.3, -0.25) is 0 Å². The Labute approximate surface area is 213 Å². The number of rotatable bonds is 6. The van der Waals surface area contributed by atoms with Crippen molar-refractivity contribution in [2.45, 2.75) is 76.0 Å². The molecule has 0 amide bonds. The number of carboxylic acids is 2. The third-order valence-electron chi connectivity index (χ3n) is 8.22. The van der Waals surface area contributed by atoms with E-state index in [-0.39, 0.29) is 11.1 Å². The summed E-state index contributed by atoms with van der Waals surface area (Å²) >= 11 is 0. The quantitative estimate of drug-likeness (QED) is 0.369. The molecule has 4 heteroatoms. The van der Waals surface area contributed by atoms with Crippen LogP contribution in [-0.2, 0) is 0 Å². The van der Waals surface area contributed by atoms with E-state index in [1.807, 2.05) is 36.4 Å². The van der Waals surface area contributed by atoms with Gasteiger partial charge in [-0.05, 0) is 71.4 Å². The van der Waals surface area contributed by atoms with Crippen LogP contribution in [0.3, 0.4) is 0 Å². The van der Waals surface area contributed by atoms with Gasteiger partial charge in [0.15, 0.2) is 0 Å². The summed E-state index contributed by atoms with van der Waals surface area (Å²) in [6, 6.07) is 19.3. The lowest BCUT2D eigenvalue weighted by Crippen LogP contribution is -2.13. The number of carbonyl (C=O) groups is 2. The minimum atomic E-state index is -1.10. The lowest BCUT2D eigenvalue weighted by Gasteiger charge is -2.27. The molecule has 0 aromatic heterocycles. The van der Waals surface area contributed by atoms with Gasteiger partial charge >= 0.3 is 11.9 Å². The first kappa shape index (κ1) is 24.3. The minimum Gasteiger partial charge on any atom is -0.478 e. The van der Waals surface area contributed by atoms with Crippen LogP contribution in [0, 0.1) is 0 Å². The molecule has 0 heterocycles. The molecule has 2 saturated carbocycles. The molecule has 0 radical (unpaired) electrons. The molecule has 2 aliphatic rings. The fraction of sp³-hybridized carbons (Fsp3) is 0.375. The van der Waals surface area contributed by atoms with Crippen LogP contribution in [0.4, 0.5) is 0 Å². The van der Waals surface area contributed by atoms with E-state index in [1.54, 1.807) is 12.1 Å². The van der Waals surface area contributed by atoms with Gasteiger partial charge in [0.1, 0.15) is 0 Å². The van der Waals surface area contributed by atoms with Crippen LogP contribution in [-0.4, -0.2) is 22.2 Å². The summed E-state index contributed by atoms with van der Waals surface area (Å²) in [6.45, 7) is 0. The zero-order chi connectivity index (χ0) is 25.1. The molecular weight excluding hydrogens is 448 g/mol. The molecule has 36 heavy (non-hydrogen) atoms. The van der Waals surface area contributed by atoms with Gasteiger partial charge in [-0.2, -0.15) is 0 Å². The predicted octanol–water partition coefficient (Wildman–Crippen LogP) is 8.51. The zero-order valence-corrected chi connectivity index (χ0v) is 20.7. The molecular formula is C32H34O4. The Morgan fingerprint density at radius 1 is 0.556 bits per heavy atom. The van der Waals surface area contributed by atoms with E-state index in [0.717, 1.165) is 55.2 Å². The summed E-state index contributed by atoms with van der Waals surface area (Å²) < 4.78 is 0. The van der Waals surface area contributed by atoms with Crippen LogP contribution in [0.2, 0.25) is 0 Å². The van der Waals surface area contributed by atoms with Crippen molar-refractivity contribution in [3.8, 4) is 22.3 Å². The monoisotopic (exact) mass is 482 g/mol. The average Bonchev–Trinajstić information content (AvgIpc) is 2.93. The molecule has 3 aromatic rings. The van der Waals surface area contributed by atoms with E-state index in [2.05, 4.69) is 12.1 Å². The topological polar surface area (TPSA) is 74.6 Å². The Bertz CT molecular complexity index is 1260. The molecule has 0 spiro atoms. The maximum Gasteiger partial charge on any atom is 0.336 e. The highest BCUT2D eigenvalue weighted by Gasteiger charge is 2.29. The zero-order valence-electron chi connectivity index (χ0n) is 20.7. The van der Waals surface area contributed by atoms with Gasteiger partial charge < -0.3 is 10.2 Å². The highest BCUT2D eigenvalue weighted by molar-refractivity contribution is 6.10. The van der Waals surface area contributed by atoms with Crippen LogP contribution in [0.15, 0.2) is 60.7 Å². The van der Waals surface area contributed by atoms with Crippen molar-refractivity contribution in [1.82, 2.24) is 0 Å². The SMILES string of the molecule is O=C(O)c1ccc(-c2ccccc2C2CCCCC2)c(C(=O)O)c1-c1ccccc1C1CCCCC1. The number of hydrogen-bond donors (Lipinski definition) is 2. The largest absolute Gasteiger partial charge is 0.478 e. The molecule has 0 unspecified atom stereocenters. The fourth-order valence-corrected chi connectivity index (χ4v) is 6.51. The first-order valence-corrected chi connectivity index (χ1v) is 13.4. The summed E-state index contributed by atoms with van der Waals surface area (Å²) in [7, 11) is 0. The van der Waals surface area contributed by atoms with Gasteiger partial charge in [-0.15, -0.1) is 0 Å². The van der Waals surface area contributed by atoms with Crippen molar-refractivity contribution in [1.29, 1.82) is 0 Å². The Morgan fingerprint density at radius 2 is 1.06 bits per heavy atom. The first-order valence-electron chi connectivity index (χ1n) is 13.4. The van der Waals surface area contributed by atoms with Crippen molar-refractivity contribution >= 4 is 11.9 Å². The van der Waals surface area contributed by atoms with E-state index in [1.165, 1.54) is 31.2 Å². The van der Waals surface area contributed by atoms with E-state index in [4.69, 9.17) is 0 Å². The van der Waals surface area contributed by atoms with Crippen molar-refractivity contribution in [2.24, 2.45) is 0 Å². The van der Waals surface area contributed by atoms with Gasteiger partial charge in [0.25, 0.3) is 0 Å². The Hall–Kier alpha value is -3.40. The van der Waals surface area contributed by atoms with Gasteiger partial charge in [-0.1, -0.05) is 93.1 Å². The molecule has 0 saturated heterocycles. The fourth-order valence-electron chi connectivity index (χ4n) is 6.51. The smallest absolute Gasteiger partial charge is 0.336 e. The number of carboxylic acid groups (broad SMARTS) is 2. The van der Waals surface area contributed by atoms with Crippen molar-refractivity contribution < 1.29 is 19.8 Å². The average molecular weight is 483 g/mol. The molecule has 4 nitrogen and oxygen atoms in total. The molecule has 186 valence electrons. The highest BCUT2D eigenvalue weighted by atomic mass is 16.4. The van der Waals surface area contributed by atoms with Gasteiger partial charge in [0.05, 0.1) is 11.1 Å². The molecule has 3 aromatic carbocycles. The Balaban J connectivity index is 1.76. The third kappa shape index (κ3) is 4.69. The maximum absolute atomic E-state index is 12.9. The van der Waals surface area contributed by atoms with Gasteiger partial charge in [-0.25, -0.2) is 9.59 Å². The molecule has 0 atom stereocenters. The van der Waals surface area contributed by atoms with Crippen LogP contribution in [0.5, 0.6) is 0 Å². The summed E-state index contributed by atoms with van der Waals surface area (Å²) in [5.74, 6) is -1.47. The van der Waals surface area contributed by atoms with E-state index in [0.29, 0.717) is 23.0 Å². The Morgan fingerprint density at radius 3 is 1.58 bits per heavy atom. The lowest BCUT2D eigenvalue weighted by atomic mass is 9.77. The first-order chi connectivity index (χ1) is 17.6. The van der Waals surface area contributed by atoms with Crippen LogP contribution in [0.25, 0.3) is 22.3 Å².